The van der Waals surface area contributed by atoms with Gasteiger partial charge in [-0.15, -0.1) is 0 Å². The van der Waals surface area contributed by atoms with Gasteiger partial charge in [0.15, 0.2) is 0 Å². The Hall–Kier alpha value is -1.91. The van der Waals surface area contributed by atoms with Gasteiger partial charge in [-0.25, -0.2) is 9.18 Å². The highest BCUT2D eigenvalue weighted by atomic mass is 19.1. The van der Waals surface area contributed by atoms with Gasteiger partial charge in [0, 0.05) is 12.0 Å². The Balaban J connectivity index is 2.74. The van der Waals surface area contributed by atoms with Gasteiger partial charge < -0.3 is 10.1 Å². The summed E-state index contributed by atoms with van der Waals surface area (Å²) in [6, 6.07) is 6.34. The zero-order chi connectivity index (χ0) is 13.8. The lowest BCUT2D eigenvalue weighted by Crippen LogP contribution is -2.40. The zero-order valence-corrected chi connectivity index (χ0v) is 10.6. The van der Waals surface area contributed by atoms with Gasteiger partial charge in [-0.3, -0.25) is 4.79 Å². The van der Waals surface area contributed by atoms with Crippen LogP contribution in [0.5, 0.6) is 0 Å². The molecule has 0 fully saturated rings. The van der Waals surface area contributed by atoms with Crippen molar-refractivity contribution in [3.63, 3.8) is 0 Å². The quantitative estimate of drug-likeness (QED) is 0.654. The van der Waals surface area contributed by atoms with E-state index in [9.17, 15) is 14.0 Å². The molecule has 0 radical (unpaired) electrons. The van der Waals surface area contributed by atoms with E-state index in [2.05, 4.69) is 10.1 Å². The van der Waals surface area contributed by atoms with Crippen molar-refractivity contribution in [1.82, 2.24) is 5.32 Å². The summed E-state index contributed by atoms with van der Waals surface area (Å²) >= 11 is 0. The molecule has 0 saturated heterocycles. The molecule has 0 bridgehead atoms. The fraction of sp³-hybridized carbons (Fsp3) is 0.385. The van der Waals surface area contributed by atoms with Crippen molar-refractivity contribution in [2.75, 3.05) is 13.7 Å². The Morgan fingerprint density at radius 2 is 1.94 bits per heavy atom. The van der Waals surface area contributed by atoms with Crippen LogP contribution in [0.25, 0.3) is 0 Å². The second-order valence-electron chi connectivity index (χ2n) is 4.54. The molecule has 0 aromatic heterocycles. The predicted molar refractivity (Wildman–Crippen MR) is 64.5 cm³/mol. The van der Waals surface area contributed by atoms with Gasteiger partial charge >= 0.3 is 11.9 Å². The molecule has 0 spiro atoms. The topological polar surface area (TPSA) is 55.4 Å². The number of rotatable bonds is 3. The minimum absolute atomic E-state index is 0.141. The molecule has 18 heavy (non-hydrogen) atoms. The first-order chi connectivity index (χ1) is 8.38. The summed E-state index contributed by atoms with van der Waals surface area (Å²) in [5.41, 5.74) is -0.134. The summed E-state index contributed by atoms with van der Waals surface area (Å²) in [4.78, 5) is 22.2. The molecule has 0 atom stereocenters. The Morgan fingerprint density at radius 3 is 2.50 bits per heavy atom. The number of hydrogen-bond acceptors (Lipinski definition) is 3. The molecule has 0 heterocycles. The number of halogens is 1. The van der Waals surface area contributed by atoms with Crippen LogP contribution < -0.4 is 5.32 Å². The van der Waals surface area contributed by atoms with Crippen LogP contribution in [0.1, 0.15) is 19.4 Å². The van der Waals surface area contributed by atoms with Crippen molar-refractivity contribution < 1.29 is 18.7 Å². The van der Waals surface area contributed by atoms with Crippen LogP contribution in [0, 0.1) is 5.82 Å². The molecule has 98 valence electrons. The van der Waals surface area contributed by atoms with E-state index in [1.807, 2.05) is 0 Å². The van der Waals surface area contributed by atoms with Crippen LogP contribution in [-0.4, -0.2) is 25.5 Å². The van der Waals surface area contributed by atoms with Crippen molar-refractivity contribution in [3.8, 4) is 0 Å². The Bertz CT molecular complexity index is 457. The summed E-state index contributed by atoms with van der Waals surface area (Å²) in [7, 11) is 1.13. The number of nitrogens with one attached hydrogen (secondary N) is 1. The van der Waals surface area contributed by atoms with E-state index in [0.29, 0.717) is 5.56 Å². The van der Waals surface area contributed by atoms with Gasteiger partial charge in [-0.2, -0.15) is 0 Å². The van der Waals surface area contributed by atoms with E-state index < -0.39 is 17.3 Å². The maximum Gasteiger partial charge on any atom is 0.396 e. The standard InChI is InChI=1S/C13H16FNO3/c1-13(2,8-15-11(16)12(17)18-3)9-6-4-5-7-10(9)14/h4-7H,8H2,1-3H3,(H,15,16). The van der Waals surface area contributed by atoms with Crippen LogP contribution in [0.2, 0.25) is 0 Å². The molecule has 1 rings (SSSR count). The summed E-state index contributed by atoms with van der Waals surface area (Å²) in [6.45, 7) is 3.70. The monoisotopic (exact) mass is 253 g/mol. The van der Waals surface area contributed by atoms with Crippen molar-refractivity contribution in [3.05, 3.63) is 35.6 Å². The molecular weight excluding hydrogens is 237 g/mol. The van der Waals surface area contributed by atoms with Crippen molar-refractivity contribution in [2.45, 2.75) is 19.3 Å². The maximum atomic E-state index is 13.6. The number of benzene rings is 1. The van der Waals surface area contributed by atoms with E-state index in [1.165, 1.54) is 6.07 Å². The molecule has 0 aliphatic heterocycles. The van der Waals surface area contributed by atoms with E-state index in [-0.39, 0.29) is 12.4 Å². The highest BCUT2D eigenvalue weighted by Crippen LogP contribution is 2.24. The molecule has 0 aliphatic carbocycles. The molecule has 1 amide bonds. The number of esters is 1. The molecule has 1 aromatic carbocycles. The average Bonchev–Trinajstić information content (AvgIpc) is 2.35. The van der Waals surface area contributed by atoms with E-state index in [0.717, 1.165) is 7.11 Å². The normalized spacial score (nSPS) is 10.9. The highest BCUT2D eigenvalue weighted by Gasteiger charge is 2.26. The largest absolute Gasteiger partial charge is 0.462 e. The molecule has 0 saturated carbocycles. The minimum Gasteiger partial charge on any atom is -0.462 e. The Labute approximate surface area is 105 Å². The molecule has 4 nitrogen and oxygen atoms in total. The third-order valence-corrected chi connectivity index (χ3v) is 2.66. The van der Waals surface area contributed by atoms with Gasteiger partial charge in [0.05, 0.1) is 7.11 Å². The minimum atomic E-state index is -0.959. The Morgan fingerprint density at radius 1 is 1.33 bits per heavy atom. The number of carbonyl (C=O) groups is 2. The molecule has 0 unspecified atom stereocenters. The highest BCUT2D eigenvalue weighted by molar-refractivity contribution is 6.32. The van der Waals surface area contributed by atoms with Gasteiger partial charge in [-0.1, -0.05) is 32.0 Å². The lowest BCUT2D eigenvalue weighted by atomic mass is 9.84. The molecular formula is C13H16FNO3. The van der Waals surface area contributed by atoms with Crippen molar-refractivity contribution in [1.29, 1.82) is 0 Å². The molecule has 1 aromatic rings. The van der Waals surface area contributed by atoms with Crippen LogP contribution in [0.4, 0.5) is 4.39 Å². The van der Waals surface area contributed by atoms with E-state index in [4.69, 9.17) is 0 Å². The lowest BCUT2D eigenvalue weighted by Gasteiger charge is -2.25. The number of ether oxygens (including phenoxy) is 1. The molecule has 1 N–H and O–H groups in total. The second kappa shape index (κ2) is 5.62. The summed E-state index contributed by atoms with van der Waals surface area (Å²) < 4.78 is 17.9. The molecule has 5 heteroatoms. The number of hydrogen-bond donors (Lipinski definition) is 1. The van der Waals surface area contributed by atoms with E-state index >= 15 is 0 Å². The number of methoxy groups -OCH3 is 1. The van der Waals surface area contributed by atoms with Crippen molar-refractivity contribution >= 4 is 11.9 Å². The number of carbonyl (C=O) groups excluding carboxylic acids is 2. The predicted octanol–water partition coefficient (Wildman–Crippen LogP) is 1.39. The van der Waals surface area contributed by atoms with Gasteiger partial charge in [-0.05, 0) is 11.6 Å². The first-order valence-electron chi connectivity index (χ1n) is 5.49. The number of amides is 1. The fourth-order valence-electron chi connectivity index (χ4n) is 1.57. The van der Waals surface area contributed by atoms with Crippen LogP contribution in [0.15, 0.2) is 24.3 Å². The van der Waals surface area contributed by atoms with Crippen LogP contribution >= 0.6 is 0 Å². The first kappa shape index (κ1) is 14.2. The van der Waals surface area contributed by atoms with Gasteiger partial charge in [0.25, 0.3) is 0 Å². The third-order valence-electron chi connectivity index (χ3n) is 2.66. The first-order valence-corrected chi connectivity index (χ1v) is 5.49. The van der Waals surface area contributed by atoms with Crippen molar-refractivity contribution in [2.24, 2.45) is 0 Å². The lowest BCUT2D eigenvalue weighted by molar-refractivity contribution is -0.152. The van der Waals surface area contributed by atoms with E-state index in [1.54, 1.807) is 32.0 Å². The SMILES string of the molecule is COC(=O)C(=O)NCC(C)(C)c1ccccc1F. The fourth-order valence-corrected chi connectivity index (χ4v) is 1.57. The van der Waals surface area contributed by atoms with Crippen LogP contribution in [-0.2, 0) is 19.7 Å². The van der Waals surface area contributed by atoms with Gasteiger partial charge in [0.2, 0.25) is 0 Å². The van der Waals surface area contributed by atoms with Gasteiger partial charge in [0.1, 0.15) is 5.82 Å². The maximum absolute atomic E-state index is 13.6. The average molecular weight is 253 g/mol. The zero-order valence-electron chi connectivity index (χ0n) is 10.6. The Kier molecular flexibility index (Phi) is 4.42. The summed E-state index contributed by atoms with van der Waals surface area (Å²) in [5, 5.41) is 2.42. The third kappa shape index (κ3) is 3.29. The smallest absolute Gasteiger partial charge is 0.396 e. The second-order valence-corrected chi connectivity index (χ2v) is 4.54. The molecule has 0 aliphatic rings. The van der Waals surface area contributed by atoms with Crippen LogP contribution in [0.3, 0.4) is 0 Å². The summed E-state index contributed by atoms with van der Waals surface area (Å²) in [6.07, 6.45) is 0. The summed E-state index contributed by atoms with van der Waals surface area (Å²) in [5.74, 6) is -2.13.